The number of hydrogen-bond acceptors (Lipinski definition) is 1. The van der Waals surface area contributed by atoms with Crippen molar-refractivity contribution in [1.82, 2.24) is 5.32 Å². The van der Waals surface area contributed by atoms with Gasteiger partial charge in [-0.2, -0.15) is 0 Å². The van der Waals surface area contributed by atoms with Crippen LogP contribution in [-0.2, 0) is 0 Å². The van der Waals surface area contributed by atoms with E-state index in [9.17, 15) is 8.78 Å². The van der Waals surface area contributed by atoms with E-state index in [-0.39, 0.29) is 23.6 Å². The van der Waals surface area contributed by atoms with Crippen molar-refractivity contribution < 1.29 is 8.78 Å². The molecule has 1 aliphatic rings. The van der Waals surface area contributed by atoms with Gasteiger partial charge in [-0.15, -0.1) is 0 Å². The molecule has 0 bridgehead atoms. The number of nitrogens with one attached hydrogen (secondary N) is 1. The summed E-state index contributed by atoms with van der Waals surface area (Å²) in [6.07, 6.45) is 1.81. The fourth-order valence-corrected chi connectivity index (χ4v) is 2.64. The quantitative estimate of drug-likeness (QED) is 0.815. The second-order valence-electron chi connectivity index (χ2n) is 4.59. The van der Waals surface area contributed by atoms with Crippen molar-refractivity contribution in [2.45, 2.75) is 44.7 Å². The van der Waals surface area contributed by atoms with Crippen molar-refractivity contribution in [1.29, 1.82) is 0 Å². The average Bonchev–Trinajstić information content (AvgIpc) is 2.63. The van der Waals surface area contributed by atoms with E-state index in [4.69, 9.17) is 0 Å². The van der Waals surface area contributed by atoms with Crippen LogP contribution in [0, 0.1) is 11.6 Å². The first kappa shape index (κ1) is 11.5. The minimum atomic E-state index is -0.356. The summed E-state index contributed by atoms with van der Waals surface area (Å²) in [6, 6.07) is 4.36. The highest BCUT2D eigenvalue weighted by molar-refractivity contribution is 5.26. The summed E-state index contributed by atoms with van der Waals surface area (Å²) in [5.74, 6) is -0.553. The molecular formula is C13H17F2N. The molecule has 3 unspecified atom stereocenters. The molecule has 1 saturated heterocycles. The fourth-order valence-electron chi connectivity index (χ4n) is 2.64. The number of halogens is 2. The molecule has 3 heteroatoms. The second kappa shape index (κ2) is 4.50. The summed E-state index contributed by atoms with van der Waals surface area (Å²) in [4.78, 5) is 0. The van der Waals surface area contributed by atoms with Gasteiger partial charge in [0.05, 0.1) is 0 Å². The van der Waals surface area contributed by atoms with Gasteiger partial charge in [0.15, 0.2) is 0 Å². The molecule has 0 aromatic heterocycles. The summed E-state index contributed by atoms with van der Waals surface area (Å²) in [5.41, 5.74) is 0.517. The molecule has 0 aliphatic carbocycles. The molecule has 1 aliphatic heterocycles. The Bertz CT molecular complexity index is 378. The van der Waals surface area contributed by atoms with Crippen molar-refractivity contribution in [3.63, 3.8) is 0 Å². The van der Waals surface area contributed by atoms with Crippen molar-refractivity contribution in [3.05, 3.63) is 35.4 Å². The van der Waals surface area contributed by atoms with E-state index in [0.717, 1.165) is 12.8 Å². The highest BCUT2D eigenvalue weighted by Crippen LogP contribution is 2.34. The van der Waals surface area contributed by atoms with Crippen LogP contribution in [0.25, 0.3) is 0 Å². The highest BCUT2D eigenvalue weighted by Gasteiger charge is 2.32. The summed E-state index contributed by atoms with van der Waals surface area (Å²) < 4.78 is 26.8. The van der Waals surface area contributed by atoms with Gasteiger partial charge in [-0.1, -0.05) is 6.92 Å². The molecule has 2 rings (SSSR count). The minimum Gasteiger partial charge on any atom is -0.311 e. The van der Waals surface area contributed by atoms with Gasteiger partial charge in [0.2, 0.25) is 0 Å². The Morgan fingerprint density at radius 1 is 1.38 bits per heavy atom. The lowest BCUT2D eigenvalue weighted by atomic mass is 9.89. The normalized spacial score (nSPS) is 29.6. The van der Waals surface area contributed by atoms with E-state index in [1.54, 1.807) is 0 Å². The summed E-state index contributed by atoms with van der Waals surface area (Å²) in [7, 11) is 0. The molecule has 1 aromatic rings. The maximum Gasteiger partial charge on any atom is 0.126 e. The molecule has 0 saturated carbocycles. The molecule has 16 heavy (non-hydrogen) atoms. The Morgan fingerprint density at radius 2 is 2.12 bits per heavy atom. The minimum absolute atomic E-state index is 0.0932. The van der Waals surface area contributed by atoms with Crippen LogP contribution >= 0.6 is 0 Å². The number of benzene rings is 1. The van der Waals surface area contributed by atoms with Crippen LogP contribution in [0.1, 0.15) is 38.2 Å². The lowest BCUT2D eigenvalue weighted by Crippen LogP contribution is -2.28. The van der Waals surface area contributed by atoms with Gasteiger partial charge < -0.3 is 5.32 Å². The van der Waals surface area contributed by atoms with Gasteiger partial charge in [0.1, 0.15) is 11.6 Å². The van der Waals surface area contributed by atoms with Gasteiger partial charge >= 0.3 is 0 Å². The third kappa shape index (κ3) is 2.09. The molecule has 0 amide bonds. The zero-order valence-corrected chi connectivity index (χ0v) is 9.63. The summed E-state index contributed by atoms with van der Waals surface area (Å²) >= 11 is 0. The molecule has 3 atom stereocenters. The van der Waals surface area contributed by atoms with E-state index in [1.165, 1.54) is 18.2 Å². The van der Waals surface area contributed by atoms with Crippen molar-refractivity contribution in [3.8, 4) is 0 Å². The Labute approximate surface area is 94.9 Å². The van der Waals surface area contributed by atoms with Crippen LogP contribution in [0.5, 0.6) is 0 Å². The molecular weight excluding hydrogens is 208 g/mol. The molecule has 1 heterocycles. The standard InChI is InChI=1S/C13H17F2N/c1-3-13-11(6-8(2)16-13)10-7-9(14)4-5-12(10)15/h4-5,7-8,11,13,16H,3,6H2,1-2H3. The molecule has 0 radical (unpaired) electrons. The third-order valence-corrected chi connectivity index (χ3v) is 3.39. The molecule has 1 fully saturated rings. The maximum atomic E-state index is 13.7. The second-order valence-corrected chi connectivity index (χ2v) is 4.59. The lowest BCUT2D eigenvalue weighted by molar-refractivity contribution is 0.494. The molecule has 88 valence electrons. The van der Waals surface area contributed by atoms with Crippen LogP contribution in [0.3, 0.4) is 0 Å². The Morgan fingerprint density at radius 3 is 2.81 bits per heavy atom. The van der Waals surface area contributed by atoms with Crippen LogP contribution < -0.4 is 5.32 Å². The van der Waals surface area contributed by atoms with Crippen LogP contribution in [0.4, 0.5) is 8.78 Å². The monoisotopic (exact) mass is 225 g/mol. The summed E-state index contributed by atoms with van der Waals surface area (Å²) in [6.45, 7) is 4.15. The van der Waals surface area contributed by atoms with E-state index in [0.29, 0.717) is 11.6 Å². The SMILES string of the molecule is CCC1NC(C)CC1c1cc(F)ccc1F. The topological polar surface area (TPSA) is 12.0 Å². The predicted octanol–water partition coefficient (Wildman–Crippen LogP) is 3.21. The van der Waals surface area contributed by atoms with Gasteiger partial charge in [-0.3, -0.25) is 0 Å². The summed E-state index contributed by atoms with van der Waals surface area (Å²) in [5, 5.41) is 3.41. The predicted molar refractivity (Wildman–Crippen MR) is 60.4 cm³/mol. The van der Waals surface area contributed by atoms with E-state index in [2.05, 4.69) is 19.2 Å². The van der Waals surface area contributed by atoms with Crippen molar-refractivity contribution >= 4 is 0 Å². The van der Waals surface area contributed by atoms with Crippen LogP contribution in [0.2, 0.25) is 0 Å². The van der Waals surface area contributed by atoms with Gasteiger partial charge in [-0.05, 0) is 43.5 Å². The van der Waals surface area contributed by atoms with Crippen LogP contribution in [0.15, 0.2) is 18.2 Å². The van der Waals surface area contributed by atoms with E-state index in [1.807, 2.05) is 0 Å². The molecule has 0 spiro atoms. The first-order valence-electron chi connectivity index (χ1n) is 5.82. The molecule has 1 nitrogen and oxygen atoms in total. The molecule has 1 N–H and O–H groups in total. The van der Waals surface area contributed by atoms with Gasteiger partial charge in [0.25, 0.3) is 0 Å². The molecule has 1 aromatic carbocycles. The average molecular weight is 225 g/mol. The largest absolute Gasteiger partial charge is 0.311 e. The lowest BCUT2D eigenvalue weighted by Gasteiger charge is -2.18. The van der Waals surface area contributed by atoms with Crippen molar-refractivity contribution in [2.75, 3.05) is 0 Å². The first-order chi connectivity index (χ1) is 7.61. The van der Waals surface area contributed by atoms with Gasteiger partial charge in [-0.25, -0.2) is 8.78 Å². The maximum absolute atomic E-state index is 13.7. The van der Waals surface area contributed by atoms with E-state index < -0.39 is 0 Å². The Balaban J connectivity index is 2.32. The fraction of sp³-hybridized carbons (Fsp3) is 0.538. The number of rotatable bonds is 2. The first-order valence-corrected chi connectivity index (χ1v) is 5.82. The zero-order chi connectivity index (χ0) is 11.7. The highest BCUT2D eigenvalue weighted by atomic mass is 19.1. The Hall–Kier alpha value is -0.960. The smallest absolute Gasteiger partial charge is 0.126 e. The van der Waals surface area contributed by atoms with Gasteiger partial charge in [0, 0.05) is 18.0 Å². The number of hydrogen-bond donors (Lipinski definition) is 1. The third-order valence-electron chi connectivity index (χ3n) is 3.39. The Kier molecular flexibility index (Phi) is 3.24. The van der Waals surface area contributed by atoms with Crippen LogP contribution in [-0.4, -0.2) is 12.1 Å². The van der Waals surface area contributed by atoms with Crippen molar-refractivity contribution in [2.24, 2.45) is 0 Å². The zero-order valence-electron chi connectivity index (χ0n) is 9.63. The van der Waals surface area contributed by atoms with E-state index >= 15 is 0 Å².